The van der Waals surface area contributed by atoms with Crippen molar-refractivity contribution in [1.29, 1.82) is 0 Å². The third-order valence-corrected chi connectivity index (χ3v) is 5.03. The molecule has 2 aromatic rings. The second-order valence-corrected chi connectivity index (χ2v) is 7.23. The second kappa shape index (κ2) is 8.23. The molecule has 2 aromatic carbocycles. The number of hydrogen-bond donors (Lipinski definition) is 1. The van der Waals surface area contributed by atoms with Crippen LogP contribution in [0.2, 0.25) is 5.02 Å². The van der Waals surface area contributed by atoms with Gasteiger partial charge in [-0.15, -0.1) is 0 Å². The van der Waals surface area contributed by atoms with Gasteiger partial charge in [-0.25, -0.2) is 9.59 Å². The molecule has 1 atom stereocenters. The van der Waals surface area contributed by atoms with E-state index in [4.69, 9.17) is 30.5 Å². The predicted molar refractivity (Wildman–Crippen MR) is 108 cm³/mol. The lowest BCUT2D eigenvalue weighted by Gasteiger charge is -2.33. The van der Waals surface area contributed by atoms with E-state index in [9.17, 15) is 14.4 Å². The van der Waals surface area contributed by atoms with Crippen LogP contribution in [0.4, 0.5) is 5.69 Å². The first-order valence-electron chi connectivity index (χ1n) is 8.90. The summed E-state index contributed by atoms with van der Waals surface area (Å²) in [5.74, 6) is -1.36. The molecular formula is C21H20ClNO7. The molecule has 158 valence electrons. The zero-order valence-electron chi connectivity index (χ0n) is 16.8. The molecule has 0 bridgehead atoms. The summed E-state index contributed by atoms with van der Waals surface area (Å²) in [7, 11) is 4.06. The van der Waals surface area contributed by atoms with Crippen molar-refractivity contribution in [2.45, 2.75) is 18.9 Å². The first-order chi connectivity index (χ1) is 14.2. The summed E-state index contributed by atoms with van der Waals surface area (Å²) < 4.78 is 20.7. The van der Waals surface area contributed by atoms with E-state index in [-0.39, 0.29) is 23.4 Å². The van der Waals surface area contributed by atoms with Gasteiger partial charge in [0.15, 0.2) is 17.1 Å². The number of rotatable bonds is 5. The number of amides is 1. The van der Waals surface area contributed by atoms with Crippen LogP contribution < -0.4 is 14.8 Å². The number of halogens is 1. The van der Waals surface area contributed by atoms with Crippen molar-refractivity contribution in [2.75, 3.05) is 26.6 Å². The van der Waals surface area contributed by atoms with Gasteiger partial charge in [0.2, 0.25) is 0 Å². The van der Waals surface area contributed by atoms with Crippen LogP contribution in [0.1, 0.15) is 33.2 Å². The number of carbonyl (C=O) groups is 3. The Bertz CT molecular complexity index is 1040. The molecule has 0 aromatic heterocycles. The Morgan fingerprint density at radius 3 is 2.40 bits per heavy atom. The summed E-state index contributed by atoms with van der Waals surface area (Å²) in [6.45, 7) is 1.49. The molecule has 0 saturated carbocycles. The summed E-state index contributed by atoms with van der Waals surface area (Å²) in [4.78, 5) is 37.7. The third-order valence-electron chi connectivity index (χ3n) is 4.79. The van der Waals surface area contributed by atoms with Gasteiger partial charge in [-0.05, 0) is 30.7 Å². The molecule has 1 aliphatic rings. The van der Waals surface area contributed by atoms with Crippen molar-refractivity contribution in [1.82, 2.24) is 0 Å². The zero-order valence-corrected chi connectivity index (χ0v) is 17.6. The minimum atomic E-state index is -1.52. The normalized spacial score (nSPS) is 17.4. The Balaban J connectivity index is 1.97. The van der Waals surface area contributed by atoms with Crippen LogP contribution in [0.5, 0.6) is 11.5 Å². The number of carbonyl (C=O) groups excluding carboxylic acids is 3. The fraction of sp³-hybridized carbons (Fsp3) is 0.286. The first-order valence-corrected chi connectivity index (χ1v) is 9.27. The molecule has 1 amide bonds. The van der Waals surface area contributed by atoms with Crippen molar-refractivity contribution < 1.29 is 33.3 Å². The third kappa shape index (κ3) is 3.91. The summed E-state index contributed by atoms with van der Waals surface area (Å²) in [5, 5.41) is 3.09. The molecule has 0 saturated heterocycles. The number of benzene rings is 2. The lowest BCUT2D eigenvalue weighted by molar-refractivity contribution is -0.134. The minimum Gasteiger partial charge on any atom is -0.493 e. The number of ether oxygens (including phenoxy) is 4. The van der Waals surface area contributed by atoms with E-state index >= 15 is 0 Å². The lowest BCUT2D eigenvalue weighted by Crippen LogP contribution is -2.49. The van der Waals surface area contributed by atoms with Gasteiger partial charge in [0, 0.05) is 23.6 Å². The van der Waals surface area contributed by atoms with Crippen molar-refractivity contribution in [3.63, 3.8) is 0 Å². The van der Waals surface area contributed by atoms with Crippen LogP contribution in [0.25, 0.3) is 0 Å². The Morgan fingerprint density at radius 1 is 1.10 bits per heavy atom. The molecule has 30 heavy (non-hydrogen) atoms. The predicted octanol–water partition coefficient (Wildman–Crippen LogP) is 3.25. The van der Waals surface area contributed by atoms with Crippen LogP contribution in [0.15, 0.2) is 30.3 Å². The molecule has 9 heteroatoms. The highest BCUT2D eigenvalue weighted by atomic mass is 35.5. The number of fused-ring (bicyclic) bond motifs is 1. The van der Waals surface area contributed by atoms with E-state index < -0.39 is 23.4 Å². The van der Waals surface area contributed by atoms with E-state index in [0.29, 0.717) is 21.9 Å². The fourth-order valence-electron chi connectivity index (χ4n) is 3.21. The lowest BCUT2D eigenvalue weighted by atomic mass is 9.89. The maximum atomic E-state index is 13.1. The van der Waals surface area contributed by atoms with Crippen molar-refractivity contribution in [2.24, 2.45) is 0 Å². The first kappa shape index (κ1) is 21.4. The average molecular weight is 434 g/mol. The molecule has 0 aliphatic carbocycles. The monoisotopic (exact) mass is 433 g/mol. The van der Waals surface area contributed by atoms with Gasteiger partial charge < -0.3 is 24.3 Å². The summed E-state index contributed by atoms with van der Waals surface area (Å²) in [6.07, 6.45) is 0.112. The molecule has 3 rings (SSSR count). The topological polar surface area (TPSA) is 100 Å². The van der Waals surface area contributed by atoms with Crippen LogP contribution in [-0.4, -0.2) is 44.8 Å². The molecule has 0 fully saturated rings. The maximum absolute atomic E-state index is 13.1. The van der Waals surface area contributed by atoms with Crippen molar-refractivity contribution in [3.8, 4) is 11.5 Å². The summed E-state index contributed by atoms with van der Waals surface area (Å²) in [5.41, 5.74) is -0.394. The van der Waals surface area contributed by atoms with E-state index in [1.807, 2.05) is 0 Å². The minimum absolute atomic E-state index is 0.0534. The summed E-state index contributed by atoms with van der Waals surface area (Å²) >= 11 is 6.03. The molecule has 1 aliphatic heterocycles. The number of anilines is 1. The smallest absolute Gasteiger partial charge is 0.340 e. The van der Waals surface area contributed by atoms with Gasteiger partial charge in [0.1, 0.15) is 0 Å². The second-order valence-electron chi connectivity index (χ2n) is 6.80. The van der Waals surface area contributed by atoms with Gasteiger partial charge in [-0.3, -0.25) is 4.79 Å². The van der Waals surface area contributed by atoms with Gasteiger partial charge in [-0.2, -0.15) is 0 Å². The average Bonchev–Trinajstić information content (AvgIpc) is 2.72. The quantitative estimate of drug-likeness (QED) is 0.722. The Hall–Kier alpha value is -3.26. The number of hydrogen-bond acceptors (Lipinski definition) is 7. The van der Waals surface area contributed by atoms with E-state index in [1.165, 1.54) is 40.4 Å². The molecule has 0 radical (unpaired) electrons. The molecular weight excluding hydrogens is 414 g/mol. The van der Waals surface area contributed by atoms with Gasteiger partial charge >= 0.3 is 11.9 Å². The highest BCUT2D eigenvalue weighted by Crippen LogP contribution is 2.36. The van der Waals surface area contributed by atoms with E-state index in [1.54, 1.807) is 18.2 Å². The molecule has 1 heterocycles. The standard InChI is InChI=1S/C21H20ClNO7/c1-21(10-11-7-12(22)5-6-13(11)19(25)30-21)20(26)23-15-9-17(28-3)16(27-2)8-14(15)18(24)29-4/h5-9H,10H2,1-4H3,(H,23,26)/t21-/m1/s1. The Morgan fingerprint density at radius 2 is 1.77 bits per heavy atom. The summed E-state index contributed by atoms with van der Waals surface area (Å²) in [6, 6.07) is 7.59. The van der Waals surface area contributed by atoms with Crippen LogP contribution in [0.3, 0.4) is 0 Å². The zero-order chi connectivity index (χ0) is 22.1. The molecule has 8 nitrogen and oxygen atoms in total. The van der Waals surface area contributed by atoms with Crippen LogP contribution in [-0.2, 0) is 20.7 Å². The molecule has 0 spiro atoms. The van der Waals surface area contributed by atoms with Crippen molar-refractivity contribution in [3.05, 3.63) is 52.0 Å². The highest BCUT2D eigenvalue weighted by Gasteiger charge is 2.43. The Labute approximate surface area is 178 Å². The number of nitrogens with one attached hydrogen (secondary N) is 1. The van der Waals surface area contributed by atoms with E-state index in [2.05, 4.69) is 5.32 Å². The van der Waals surface area contributed by atoms with Gasteiger partial charge in [0.25, 0.3) is 5.91 Å². The van der Waals surface area contributed by atoms with Gasteiger partial charge in [-0.1, -0.05) is 11.6 Å². The largest absolute Gasteiger partial charge is 0.493 e. The number of cyclic esters (lactones) is 1. The molecule has 1 N–H and O–H groups in total. The van der Waals surface area contributed by atoms with E-state index in [0.717, 1.165) is 0 Å². The maximum Gasteiger partial charge on any atom is 0.340 e. The number of methoxy groups -OCH3 is 3. The highest BCUT2D eigenvalue weighted by molar-refractivity contribution is 6.30. The molecule has 0 unspecified atom stereocenters. The van der Waals surface area contributed by atoms with Crippen molar-refractivity contribution >= 4 is 35.1 Å². The van der Waals surface area contributed by atoms with Crippen LogP contribution >= 0.6 is 11.6 Å². The fourth-order valence-corrected chi connectivity index (χ4v) is 3.40. The Kier molecular flexibility index (Phi) is 5.89. The van der Waals surface area contributed by atoms with Gasteiger partial charge in [0.05, 0.1) is 38.1 Å². The number of esters is 2. The van der Waals surface area contributed by atoms with Crippen LogP contribution in [0, 0.1) is 0 Å². The SMILES string of the molecule is COC(=O)c1cc(OC)c(OC)cc1NC(=O)[C@@]1(C)Cc2cc(Cl)ccc2C(=O)O1.